The van der Waals surface area contributed by atoms with Gasteiger partial charge < -0.3 is 10.1 Å². The second-order valence-electron chi connectivity index (χ2n) is 7.01. The highest BCUT2D eigenvalue weighted by molar-refractivity contribution is 5.76. The van der Waals surface area contributed by atoms with E-state index in [2.05, 4.69) is 41.4 Å². The van der Waals surface area contributed by atoms with Crippen molar-refractivity contribution in [1.29, 1.82) is 0 Å². The average molecular weight is 370 g/mol. The first-order chi connectivity index (χ1) is 13.1. The molecular weight excluding hydrogens is 343 g/mol. The van der Waals surface area contributed by atoms with Gasteiger partial charge in [0.15, 0.2) is 0 Å². The molecule has 1 N–H and O–H groups in total. The molecular formula is C22H27FN2O2. The summed E-state index contributed by atoms with van der Waals surface area (Å²) in [6.07, 6.45) is 1.16. The molecule has 3 rings (SSSR count). The average Bonchev–Trinajstić information content (AvgIpc) is 2.69. The number of hydrogen-bond donors (Lipinski definition) is 1. The second kappa shape index (κ2) is 9.62. The third-order valence-corrected chi connectivity index (χ3v) is 4.97. The number of carbonyl (C=O) groups excluding carboxylic acids is 1. The predicted octanol–water partition coefficient (Wildman–Crippen LogP) is 3.26. The molecule has 1 heterocycles. The summed E-state index contributed by atoms with van der Waals surface area (Å²) < 4.78 is 19.1. The summed E-state index contributed by atoms with van der Waals surface area (Å²) in [6, 6.07) is 14.8. The minimum atomic E-state index is -0.253. The van der Waals surface area contributed by atoms with Crippen molar-refractivity contribution in [1.82, 2.24) is 10.2 Å². The van der Waals surface area contributed by atoms with Crippen LogP contribution in [0.5, 0.6) is 0 Å². The van der Waals surface area contributed by atoms with Crippen molar-refractivity contribution in [2.24, 2.45) is 0 Å². The standard InChI is InChI=1S/C22H27FN2O2/c1-17-5-7-18(8-6-17)9-10-22(26)24-16-21(25-11-13-27-14-12-25)19-3-2-4-20(23)15-19/h2-8,15,21H,9-14,16H2,1H3,(H,24,26). The number of aryl methyl sites for hydroxylation is 2. The topological polar surface area (TPSA) is 41.6 Å². The van der Waals surface area contributed by atoms with E-state index >= 15 is 0 Å². The molecule has 0 bridgehead atoms. The fourth-order valence-electron chi connectivity index (χ4n) is 3.37. The summed E-state index contributed by atoms with van der Waals surface area (Å²) in [5, 5.41) is 3.04. The highest BCUT2D eigenvalue weighted by Gasteiger charge is 2.23. The first kappa shape index (κ1) is 19.5. The van der Waals surface area contributed by atoms with Gasteiger partial charge in [-0.25, -0.2) is 4.39 Å². The zero-order chi connectivity index (χ0) is 19.1. The summed E-state index contributed by atoms with van der Waals surface area (Å²) >= 11 is 0. The molecule has 1 amide bonds. The highest BCUT2D eigenvalue weighted by Crippen LogP contribution is 2.22. The summed E-state index contributed by atoms with van der Waals surface area (Å²) in [5.41, 5.74) is 3.26. The molecule has 2 aromatic rings. The number of ether oxygens (including phenoxy) is 1. The number of benzene rings is 2. The van der Waals surface area contributed by atoms with Crippen LogP contribution in [0.1, 0.15) is 29.2 Å². The molecule has 0 radical (unpaired) electrons. The smallest absolute Gasteiger partial charge is 0.220 e. The fourth-order valence-corrected chi connectivity index (χ4v) is 3.37. The largest absolute Gasteiger partial charge is 0.379 e. The number of nitrogens with one attached hydrogen (secondary N) is 1. The second-order valence-corrected chi connectivity index (χ2v) is 7.01. The molecule has 0 spiro atoms. The van der Waals surface area contributed by atoms with Gasteiger partial charge in [-0.15, -0.1) is 0 Å². The van der Waals surface area contributed by atoms with Gasteiger partial charge in [0.05, 0.1) is 19.3 Å². The molecule has 27 heavy (non-hydrogen) atoms. The lowest BCUT2D eigenvalue weighted by Gasteiger charge is -2.35. The SMILES string of the molecule is Cc1ccc(CCC(=O)NCC(c2cccc(F)c2)N2CCOCC2)cc1. The third-order valence-electron chi connectivity index (χ3n) is 4.97. The van der Waals surface area contributed by atoms with Gasteiger partial charge in [0.25, 0.3) is 0 Å². The van der Waals surface area contributed by atoms with Crippen LogP contribution in [0.3, 0.4) is 0 Å². The van der Waals surface area contributed by atoms with Crippen molar-refractivity contribution in [2.75, 3.05) is 32.8 Å². The Hall–Kier alpha value is -2.24. The molecule has 5 heteroatoms. The van der Waals surface area contributed by atoms with Gasteiger partial charge in [0.1, 0.15) is 5.82 Å². The van der Waals surface area contributed by atoms with Crippen LogP contribution in [-0.4, -0.2) is 43.7 Å². The van der Waals surface area contributed by atoms with Gasteiger partial charge >= 0.3 is 0 Å². The first-order valence-electron chi connectivity index (χ1n) is 9.51. The van der Waals surface area contributed by atoms with Crippen LogP contribution in [0.4, 0.5) is 4.39 Å². The fraction of sp³-hybridized carbons (Fsp3) is 0.409. The lowest BCUT2D eigenvalue weighted by molar-refractivity contribution is -0.121. The molecule has 0 aliphatic carbocycles. The van der Waals surface area contributed by atoms with Crippen LogP contribution in [0.25, 0.3) is 0 Å². The maximum Gasteiger partial charge on any atom is 0.220 e. The Morgan fingerprint density at radius 1 is 1.19 bits per heavy atom. The van der Waals surface area contributed by atoms with Crippen LogP contribution in [0.15, 0.2) is 48.5 Å². The van der Waals surface area contributed by atoms with Crippen molar-refractivity contribution in [2.45, 2.75) is 25.8 Å². The third kappa shape index (κ3) is 5.88. The van der Waals surface area contributed by atoms with E-state index in [4.69, 9.17) is 4.74 Å². The Morgan fingerprint density at radius 3 is 2.63 bits per heavy atom. The maximum absolute atomic E-state index is 13.7. The Bertz CT molecular complexity index is 742. The molecule has 1 atom stereocenters. The number of amides is 1. The van der Waals surface area contributed by atoms with Gasteiger partial charge in [-0.2, -0.15) is 0 Å². The highest BCUT2D eigenvalue weighted by atomic mass is 19.1. The number of halogens is 1. The van der Waals surface area contributed by atoms with Gasteiger partial charge in [-0.05, 0) is 36.6 Å². The number of hydrogen-bond acceptors (Lipinski definition) is 3. The number of morpholine rings is 1. The van der Waals surface area contributed by atoms with E-state index in [9.17, 15) is 9.18 Å². The van der Waals surface area contributed by atoms with Gasteiger partial charge in [0.2, 0.25) is 5.91 Å². The maximum atomic E-state index is 13.7. The molecule has 1 aliphatic heterocycles. The Balaban J connectivity index is 1.58. The molecule has 0 saturated carbocycles. The van der Waals surface area contributed by atoms with Gasteiger partial charge in [-0.3, -0.25) is 9.69 Å². The van der Waals surface area contributed by atoms with Gasteiger partial charge in [0, 0.05) is 26.1 Å². The zero-order valence-corrected chi connectivity index (χ0v) is 15.8. The summed E-state index contributed by atoms with van der Waals surface area (Å²) in [7, 11) is 0. The molecule has 4 nitrogen and oxygen atoms in total. The Labute approximate surface area is 160 Å². The molecule has 1 unspecified atom stereocenters. The van der Waals surface area contributed by atoms with Crippen LogP contribution >= 0.6 is 0 Å². The first-order valence-corrected chi connectivity index (χ1v) is 9.51. The van der Waals surface area contributed by atoms with Crippen molar-refractivity contribution in [3.63, 3.8) is 0 Å². The lowest BCUT2D eigenvalue weighted by Crippen LogP contribution is -2.43. The quantitative estimate of drug-likeness (QED) is 0.813. The van der Waals surface area contributed by atoms with E-state index < -0.39 is 0 Å². The molecule has 144 valence electrons. The lowest BCUT2D eigenvalue weighted by atomic mass is 10.0. The van der Waals surface area contributed by atoms with Crippen molar-refractivity contribution >= 4 is 5.91 Å². The molecule has 2 aromatic carbocycles. The summed E-state index contributed by atoms with van der Waals surface area (Å²) in [4.78, 5) is 14.6. The van der Waals surface area contributed by atoms with E-state index in [1.165, 1.54) is 11.6 Å². The summed E-state index contributed by atoms with van der Waals surface area (Å²) in [5.74, 6) is -0.235. The normalized spacial score (nSPS) is 16.1. The Kier molecular flexibility index (Phi) is 6.96. The van der Waals surface area contributed by atoms with E-state index in [0.29, 0.717) is 32.6 Å². The zero-order valence-electron chi connectivity index (χ0n) is 15.8. The van der Waals surface area contributed by atoms with E-state index in [1.807, 2.05) is 6.07 Å². The van der Waals surface area contributed by atoms with Crippen LogP contribution in [0.2, 0.25) is 0 Å². The number of carbonyl (C=O) groups is 1. The van der Waals surface area contributed by atoms with Crippen molar-refractivity contribution in [3.8, 4) is 0 Å². The van der Waals surface area contributed by atoms with Crippen LogP contribution < -0.4 is 5.32 Å². The van der Waals surface area contributed by atoms with E-state index in [1.54, 1.807) is 12.1 Å². The van der Waals surface area contributed by atoms with Crippen LogP contribution in [0, 0.1) is 12.7 Å². The molecule has 1 aliphatic rings. The monoisotopic (exact) mass is 370 g/mol. The molecule has 1 fully saturated rings. The number of nitrogens with zero attached hydrogens (tertiary/aromatic N) is 1. The van der Waals surface area contributed by atoms with Crippen LogP contribution in [-0.2, 0) is 16.0 Å². The molecule has 0 aromatic heterocycles. The number of rotatable bonds is 7. The van der Waals surface area contributed by atoms with E-state index in [-0.39, 0.29) is 17.8 Å². The Morgan fingerprint density at radius 2 is 1.93 bits per heavy atom. The van der Waals surface area contributed by atoms with Crippen molar-refractivity contribution in [3.05, 3.63) is 71.0 Å². The van der Waals surface area contributed by atoms with E-state index in [0.717, 1.165) is 24.2 Å². The molecule has 1 saturated heterocycles. The minimum absolute atomic E-state index is 0.0187. The predicted molar refractivity (Wildman–Crippen MR) is 104 cm³/mol. The minimum Gasteiger partial charge on any atom is -0.379 e. The van der Waals surface area contributed by atoms with Crippen molar-refractivity contribution < 1.29 is 13.9 Å². The van der Waals surface area contributed by atoms with Gasteiger partial charge in [-0.1, -0.05) is 42.0 Å². The summed E-state index contributed by atoms with van der Waals surface area (Å²) in [6.45, 7) is 5.39.